The lowest BCUT2D eigenvalue weighted by molar-refractivity contribution is -0.133. The number of hydrogen-bond acceptors (Lipinski definition) is 6. The van der Waals surface area contributed by atoms with Gasteiger partial charge in [0, 0.05) is 0 Å². The highest BCUT2D eigenvalue weighted by Gasteiger charge is 2.42. The molecule has 3 aromatic carbocycles. The highest BCUT2D eigenvalue weighted by atomic mass is 16.6. The summed E-state index contributed by atoms with van der Waals surface area (Å²) < 4.78 is 10.6. The third-order valence-electron chi connectivity index (χ3n) is 7.97. The maximum atomic E-state index is 14.0. The molecule has 222 valence electrons. The first kappa shape index (κ1) is 29.8. The second-order valence-electron chi connectivity index (χ2n) is 11.0. The monoisotopic (exact) mass is 580 g/mol. The summed E-state index contributed by atoms with van der Waals surface area (Å²) in [6.45, 7) is 2.12. The Kier molecular flexibility index (Phi) is 9.66. The summed E-state index contributed by atoms with van der Waals surface area (Å²) in [5.74, 6) is -2.12. The second-order valence-corrected chi connectivity index (χ2v) is 11.0. The number of nitrogens with zero attached hydrogens (tertiary/aromatic N) is 2. The first-order valence-corrected chi connectivity index (χ1v) is 14.7. The number of carbonyl (C=O) groups is 4. The fourth-order valence-corrected chi connectivity index (χ4v) is 5.66. The van der Waals surface area contributed by atoms with Crippen LogP contribution in [0.4, 0.5) is 9.59 Å². The summed E-state index contributed by atoms with van der Waals surface area (Å²) in [6.07, 6.45) is 3.83. The molecule has 8 heteroatoms. The molecule has 43 heavy (non-hydrogen) atoms. The van der Waals surface area contributed by atoms with E-state index in [9.17, 15) is 19.2 Å². The van der Waals surface area contributed by atoms with Crippen LogP contribution >= 0.6 is 0 Å². The van der Waals surface area contributed by atoms with Gasteiger partial charge in [0.1, 0.15) is 13.2 Å². The van der Waals surface area contributed by atoms with Crippen molar-refractivity contribution in [3.8, 4) is 0 Å². The third-order valence-corrected chi connectivity index (χ3v) is 7.97. The summed E-state index contributed by atoms with van der Waals surface area (Å²) >= 11 is 0. The minimum Gasteiger partial charge on any atom is -0.447 e. The summed E-state index contributed by atoms with van der Waals surface area (Å²) in [7, 11) is 0. The average molecular weight is 581 g/mol. The van der Waals surface area contributed by atoms with Crippen molar-refractivity contribution in [2.24, 2.45) is 11.8 Å². The molecular formula is C35H36N2O6. The van der Waals surface area contributed by atoms with Crippen LogP contribution in [-0.2, 0) is 38.3 Å². The molecule has 0 N–H and O–H groups in total. The first-order valence-electron chi connectivity index (χ1n) is 14.7. The summed E-state index contributed by atoms with van der Waals surface area (Å²) in [4.78, 5) is 55.6. The zero-order valence-corrected chi connectivity index (χ0v) is 24.2. The molecular weight excluding hydrogens is 544 g/mol. The number of carbonyl (C=O) groups excluding carboxylic acids is 4. The van der Waals surface area contributed by atoms with Gasteiger partial charge in [0.2, 0.25) is 11.8 Å². The van der Waals surface area contributed by atoms with E-state index in [4.69, 9.17) is 9.47 Å². The van der Waals surface area contributed by atoms with Crippen LogP contribution < -0.4 is 0 Å². The summed E-state index contributed by atoms with van der Waals surface area (Å²) in [6, 6.07) is 28.0. The lowest BCUT2D eigenvalue weighted by Gasteiger charge is -2.25. The number of rotatable bonds is 11. The van der Waals surface area contributed by atoms with Gasteiger partial charge < -0.3 is 9.47 Å². The predicted octanol–water partition coefficient (Wildman–Crippen LogP) is 5.61. The van der Waals surface area contributed by atoms with E-state index in [1.165, 1.54) is 9.80 Å². The minimum absolute atomic E-state index is 0.122. The average Bonchev–Trinajstić information content (AvgIpc) is 3.58. The number of cyclic esters (lactones) is 2. The summed E-state index contributed by atoms with van der Waals surface area (Å²) in [5.41, 5.74) is 2.92. The van der Waals surface area contributed by atoms with Gasteiger partial charge in [-0.1, -0.05) is 110 Å². The number of hydrogen-bond donors (Lipinski definition) is 0. The molecule has 2 aliphatic rings. The van der Waals surface area contributed by atoms with E-state index in [0.717, 1.165) is 16.7 Å². The van der Waals surface area contributed by atoms with Crippen LogP contribution in [0.15, 0.2) is 103 Å². The van der Waals surface area contributed by atoms with Gasteiger partial charge in [0.15, 0.2) is 0 Å². The molecule has 3 aromatic rings. The van der Waals surface area contributed by atoms with Crippen molar-refractivity contribution in [3.05, 3.63) is 120 Å². The second kappa shape index (κ2) is 14.0. The van der Waals surface area contributed by atoms with Crippen LogP contribution in [0.5, 0.6) is 0 Å². The Hall–Kier alpha value is -4.72. The normalized spacial score (nSPS) is 19.7. The maximum absolute atomic E-state index is 14.0. The molecule has 2 aliphatic heterocycles. The summed E-state index contributed by atoms with van der Waals surface area (Å²) in [5, 5.41) is 0. The van der Waals surface area contributed by atoms with E-state index in [1.807, 2.05) is 97.9 Å². The fourth-order valence-electron chi connectivity index (χ4n) is 5.66. The van der Waals surface area contributed by atoms with Gasteiger partial charge in [-0.2, -0.15) is 0 Å². The Morgan fingerprint density at radius 1 is 0.674 bits per heavy atom. The van der Waals surface area contributed by atoms with Gasteiger partial charge in [-0.3, -0.25) is 9.59 Å². The minimum atomic E-state index is -0.723. The van der Waals surface area contributed by atoms with Gasteiger partial charge in [0.25, 0.3) is 0 Å². The van der Waals surface area contributed by atoms with E-state index >= 15 is 0 Å². The third kappa shape index (κ3) is 7.20. The zero-order valence-electron chi connectivity index (χ0n) is 24.2. The van der Waals surface area contributed by atoms with Gasteiger partial charge in [-0.15, -0.1) is 0 Å². The van der Waals surface area contributed by atoms with Gasteiger partial charge in [-0.05, 0) is 42.4 Å². The van der Waals surface area contributed by atoms with E-state index in [0.29, 0.717) is 25.7 Å². The molecule has 8 nitrogen and oxygen atoms in total. The maximum Gasteiger partial charge on any atom is 0.417 e. The van der Waals surface area contributed by atoms with Crippen molar-refractivity contribution in [1.82, 2.24) is 9.80 Å². The Morgan fingerprint density at radius 2 is 1.07 bits per heavy atom. The largest absolute Gasteiger partial charge is 0.447 e. The smallest absolute Gasteiger partial charge is 0.417 e. The van der Waals surface area contributed by atoms with Crippen molar-refractivity contribution in [2.45, 2.75) is 44.7 Å². The van der Waals surface area contributed by atoms with Crippen LogP contribution in [0.2, 0.25) is 0 Å². The number of amides is 4. The number of imide groups is 2. The Morgan fingerprint density at radius 3 is 1.51 bits per heavy atom. The Bertz CT molecular complexity index is 1440. The van der Waals surface area contributed by atoms with E-state index < -0.39 is 36.1 Å². The lowest BCUT2D eigenvalue weighted by atomic mass is 9.93. The molecule has 5 rings (SSSR count). The molecule has 0 aliphatic carbocycles. The highest BCUT2D eigenvalue weighted by Crippen LogP contribution is 2.25. The van der Waals surface area contributed by atoms with Gasteiger partial charge in [-0.25, -0.2) is 19.4 Å². The fraction of sp³-hybridized carbons (Fsp3) is 0.314. The van der Waals surface area contributed by atoms with E-state index in [-0.39, 0.29) is 25.0 Å². The molecule has 0 spiro atoms. The van der Waals surface area contributed by atoms with Crippen LogP contribution in [0.1, 0.15) is 30.0 Å². The molecule has 0 bridgehead atoms. The first-order chi connectivity index (χ1) is 20.9. The van der Waals surface area contributed by atoms with Crippen molar-refractivity contribution in [3.63, 3.8) is 0 Å². The van der Waals surface area contributed by atoms with E-state index in [2.05, 4.69) is 0 Å². The predicted molar refractivity (Wildman–Crippen MR) is 161 cm³/mol. The van der Waals surface area contributed by atoms with Crippen LogP contribution in [-0.4, -0.2) is 59.1 Å². The quantitative estimate of drug-likeness (QED) is 0.274. The van der Waals surface area contributed by atoms with E-state index in [1.54, 1.807) is 12.2 Å². The Labute approximate surface area is 251 Å². The van der Waals surface area contributed by atoms with Gasteiger partial charge >= 0.3 is 12.2 Å². The molecule has 2 saturated heterocycles. The standard InChI is InChI=1S/C35H36N2O6/c1-2-28(32(38)36-30(23-42-34(36)40)21-26-14-8-4-9-15-26)18-19-29(20-25-12-6-3-7-13-25)33(39)37-31(24-43-35(37)41)22-27-16-10-5-11-17-27/h3-19,28-31H,2,20-24H2,1H3/t28-,29+,30-,31-/m0/s1. The van der Waals surface area contributed by atoms with Crippen molar-refractivity contribution in [2.75, 3.05) is 13.2 Å². The van der Waals surface area contributed by atoms with Crippen molar-refractivity contribution < 1.29 is 28.7 Å². The van der Waals surface area contributed by atoms with Crippen LogP contribution in [0.25, 0.3) is 0 Å². The van der Waals surface area contributed by atoms with Crippen molar-refractivity contribution in [1.29, 1.82) is 0 Å². The zero-order chi connectivity index (χ0) is 30.2. The topological polar surface area (TPSA) is 93.2 Å². The molecule has 0 radical (unpaired) electrons. The van der Waals surface area contributed by atoms with Crippen LogP contribution in [0.3, 0.4) is 0 Å². The van der Waals surface area contributed by atoms with Crippen LogP contribution in [0, 0.1) is 11.8 Å². The molecule has 4 atom stereocenters. The molecule has 2 fully saturated rings. The van der Waals surface area contributed by atoms with Crippen molar-refractivity contribution >= 4 is 24.0 Å². The SMILES string of the molecule is CC[C@@H](C=C[C@H](Cc1ccccc1)C(=O)N1C(=O)OC[C@@H]1Cc1ccccc1)C(=O)N1C(=O)OC[C@@H]1Cc1ccccc1. The highest BCUT2D eigenvalue weighted by molar-refractivity contribution is 5.97. The number of benzene rings is 3. The molecule has 0 aromatic heterocycles. The lowest BCUT2D eigenvalue weighted by Crippen LogP contribution is -2.44. The molecule has 0 unspecified atom stereocenters. The number of ether oxygens (including phenoxy) is 2. The molecule has 4 amide bonds. The molecule has 2 heterocycles. The molecule has 0 saturated carbocycles. The van der Waals surface area contributed by atoms with Gasteiger partial charge in [0.05, 0.1) is 23.9 Å². The Balaban J connectivity index is 1.37.